The standard InChI is InChI=1S/C27H25N3O3S/c1-18-3-6-20(7-4-18)25-15-19(2)5-12-24(25)26(31)29-21-8-10-23(11-9-21)30(27(32)33)14-13-22-16-34-17-28-22/h3-12,15-17H,13-14H2,1-2H3,(H,29,31)(H,32,33). The highest BCUT2D eigenvalue weighted by atomic mass is 32.1. The van der Waals surface area contributed by atoms with Crippen LogP contribution in [0.2, 0.25) is 0 Å². The maximum Gasteiger partial charge on any atom is 0.411 e. The van der Waals surface area contributed by atoms with Crippen molar-refractivity contribution < 1.29 is 14.7 Å². The van der Waals surface area contributed by atoms with E-state index in [2.05, 4.69) is 10.3 Å². The van der Waals surface area contributed by atoms with Crippen molar-refractivity contribution in [1.29, 1.82) is 0 Å². The van der Waals surface area contributed by atoms with Crippen LogP contribution in [0.3, 0.4) is 0 Å². The molecule has 2 N–H and O–H groups in total. The largest absolute Gasteiger partial charge is 0.465 e. The average Bonchev–Trinajstić information content (AvgIpc) is 3.34. The monoisotopic (exact) mass is 471 g/mol. The van der Waals surface area contributed by atoms with Gasteiger partial charge in [0.2, 0.25) is 0 Å². The second kappa shape index (κ2) is 10.3. The number of hydrogen-bond donors (Lipinski definition) is 2. The number of thiazole rings is 1. The fraction of sp³-hybridized carbons (Fsp3) is 0.148. The number of carboxylic acid groups (broad SMARTS) is 1. The van der Waals surface area contributed by atoms with Gasteiger partial charge in [-0.05, 0) is 55.3 Å². The van der Waals surface area contributed by atoms with Crippen LogP contribution in [0.25, 0.3) is 11.1 Å². The molecule has 0 saturated carbocycles. The van der Waals surface area contributed by atoms with Crippen LogP contribution in [0.5, 0.6) is 0 Å². The van der Waals surface area contributed by atoms with Gasteiger partial charge in [-0.15, -0.1) is 11.3 Å². The van der Waals surface area contributed by atoms with Gasteiger partial charge in [-0.3, -0.25) is 9.69 Å². The van der Waals surface area contributed by atoms with Crippen LogP contribution >= 0.6 is 11.3 Å². The van der Waals surface area contributed by atoms with Gasteiger partial charge in [0.25, 0.3) is 5.91 Å². The first-order chi connectivity index (χ1) is 16.4. The predicted molar refractivity (Wildman–Crippen MR) is 137 cm³/mol. The lowest BCUT2D eigenvalue weighted by molar-refractivity contribution is 0.102. The van der Waals surface area contributed by atoms with E-state index in [4.69, 9.17) is 0 Å². The first kappa shape index (κ1) is 23.2. The van der Waals surface area contributed by atoms with Crippen molar-refractivity contribution in [3.8, 4) is 11.1 Å². The van der Waals surface area contributed by atoms with E-state index < -0.39 is 6.09 Å². The lowest BCUT2D eigenvalue weighted by Gasteiger charge is -2.19. The molecule has 7 heteroatoms. The zero-order valence-electron chi connectivity index (χ0n) is 19.0. The Kier molecular flexibility index (Phi) is 7.04. The summed E-state index contributed by atoms with van der Waals surface area (Å²) in [6.45, 7) is 4.33. The third kappa shape index (κ3) is 5.50. The number of nitrogens with zero attached hydrogens (tertiary/aromatic N) is 2. The molecule has 0 aliphatic rings. The van der Waals surface area contributed by atoms with Crippen molar-refractivity contribution in [2.75, 3.05) is 16.8 Å². The van der Waals surface area contributed by atoms with Gasteiger partial charge < -0.3 is 10.4 Å². The number of nitrogens with one attached hydrogen (secondary N) is 1. The maximum atomic E-state index is 13.1. The van der Waals surface area contributed by atoms with Crippen molar-refractivity contribution in [2.24, 2.45) is 0 Å². The minimum absolute atomic E-state index is 0.220. The predicted octanol–water partition coefficient (Wildman–Crippen LogP) is 6.41. The van der Waals surface area contributed by atoms with E-state index in [1.54, 1.807) is 29.8 Å². The van der Waals surface area contributed by atoms with E-state index >= 15 is 0 Å². The Bertz CT molecular complexity index is 1280. The van der Waals surface area contributed by atoms with Gasteiger partial charge in [-0.2, -0.15) is 0 Å². The average molecular weight is 472 g/mol. The Balaban J connectivity index is 1.51. The van der Waals surface area contributed by atoms with Crippen molar-refractivity contribution >= 4 is 34.7 Å². The SMILES string of the molecule is Cc1ccc(-c2cc(C)ccc2C(=O)Nc2ccc(N(CCc3cscn3)C(=O)O)cc2)cc1. The summed E-state index contributed by atoms with van der Waals surface area (Å²) in [6, 6.07) is 20.7. The molecule has 2 amide bonds. The van der Waals surface area contributed by atoms with Crippen molar-refractivity contribution in [3.63, 3.8) is 0 Å². The highest BCUT2D eigenvalue weighted by molar-refractivity contribution is 7.07. The van der Waals surface area contributed by atoms with Gasteiger partial charge in [0, 0.05) is 35.3 Å². The van der Waals surface area contributed by atoms with E-state index in [9.17, 15) is 14.7 Å². The molecule has 6 nitrogen and oxygen atoms in total. The van der Waals surface area contributed by atoms with Crippen molar-refractivity contribution in [1.82, 2.24) is 4.98 Å². The Morgan fingerprint density at radius 1 is 0.971 bits per heavy atom. The summed E-state index contributed by atoms with van der Waals surface area (Å²) in [5.74, 6) is -0.220. The van der Waals surface area contributed by atoms with Crippen LogP contribution in [0.1, 0.15) is 27.2 Å². The molecule has 4 aromatic rings. The second-order valence-corrected chi connectivity index (χ2v) is 8.80. The molecule has 1 aromatic heterocycles. The number of carbonyl (C=O) groups excluding carboxylic acids is 1. The van der Waals surface area contributed by atoms with Crippen LogP contribution in [-0.4, -0.2) is 28.6 Å². The summed E-state index contributed by atoms with van der Waals surface area (Å²) >= 11 is 1.48. The molecule has 0 atom stereocenters. The summed E-state index contributed by atoms with van der Waals surface area (Å²) in [5, 5.41) is 14.5. The third-order valence-electron chi connectivity index (χ3n) is 5.53. The van der Waals surface area contributed by atoms with Crippen LogP contribution in [-0.2, 0) is 6.42 Å². The van der Waals surface area contributed by atoms with Gasteiger partial charge >= 0.3 is 6.09 Å². The molecule has 0 radical (unpaired) electrons. The maximum absolute atomic E-state index is 13.1. The van der Waals surface area contributed by atoms with Crippen LogP contribution in [0.15, 0.2) is 77.6 Å². The Morgan fingerprint density at radius 2 is 1.68 bits per heavy atom. The zero-order chi connectivity index (χ0) is 24.1. The van der Waals surface area contributed by atoms with Crippen molar-refractivity contribution in [3.05, 3.63) is 100 Å². The number of aromatic nitrogens is 1. The summed E-state index contributed by atoms with van der Waals surface area (Å²) in [7, 11) is 0. The van der Waals surface area contributed by atoms with Gasteiger partial charge in [-0.1, -0.05) is 47.5 Å². The summed E-state index contributed by atoms with van der Waals surface area (Å²) in [6.07, 6.45) is -0.502. The molecular formula is C27H25N3O3S. The number of benzene rings is 3. The zero-order valence-corrected chi connectivity index (χ0v) is 19.8. The first-order valence-electron chi connectivity index (χ1n) is 10.9. The Hall–Kier alpha value is -3.97. The molecule has 0 spiro atoms. The topological polar surface area (TPSA) is 82.5 Å². The third-order valence-corrected chi connectivity index (χ3v) is 6.16. The van der Waals surface area contributed by atoms with Crippen LogP contribution < -0.4 is 10.2 Å². The molecule has 0 fully saturated rings. The fourth-order valence-corrected chi connectivity index (χ4v) is 4.27. The smallest absolute Gasteiger partial charge is 0.411 e. The number of carbonyl (C=O) groups is 2. The lowest BCUT2D eigenvalue weighted by Crippen LogP contribution is -2.31. The van der Waals surface area contributed by atoms with Gasteiger partial charge in [0.05, 0.1) is 11.2 Å². The molecule has 34 heavy (non-hydrogen) atoms. The number of amides is 2. The van der Waals surface area contributed by atoms with E-state index in [1.165, 1.54) is 16.2 Å². The second-order valence-electron chi connectivity index (χ2n) is 8.08. The van der Waals surface area contributed by atoms with E-state index in [1.807, 2.05) is 61.7 Å². The normalized spacial score (nSPS) is 10.6. The number of aryl methyl sites for hydroxylation is 2. The van der Waals surface area contributed by atoms with Gasteiger partial charge in [0.15, 0.2) is 0 Å². The van der Waals surface area contributed by atoms with Gasteiger partial charge in [-0.25, -0.2) is 9.78 Å². The molecule has 0 saturated heterocycles. The molecule has 3 aromatic carbocycles. The molecule has 1 heterocycles. The molecule has 4 rings (SSSR count). The lowest BCUT2D eigenvalue weighted by atomic mass is 9.96. The highest BCUT2D eigenvalue weighted by Crippen LogP contribution is 2.27. The quantitative estimate of drug-likeness (QED) is 0.326. The summed E-state index contributed by atoms with van der Waals surface area (Å²) < 4.78 is 0. The molecular weight excluding hydrogens is 446 g/mol. The van der Waals surface area contributed by atoms with E-state index in [-0.39, 0.29) is 5.91 Å². The number of hydrogen-bond acceptors (Lipinski definition) is 4. The molecule has 172 valence electrons. The first-order valence-corrected chi connectivity index (χ1v) is 11.8. The van der Waals surface area contributed by atoms with Crippen molar-refractivity contribution in [2.45, 2.75) is 20.3 Å². The minimum atomic E-state index is -1.03. The summed E-state index contributed by atoms with van der Waals surface area (Å²) in [5.41, 5.74) is 8.38. The molecule has 0 bridgehead atoms. The molecule has 0 aliphatic heterocycles. The van der Waals surface area contributed by atoms with Crippen LogP contribution in [0.4, 0.5) is 16.2 Å². The van der Waals surface area contributed by atoms with Gasteiger partial charge in [0.1, 0.15) is 0 Å². The Morgan fingerprint density at radius 3 is 2.32 bits per heavy atom. The van der Waals surface area contributed by atoms with Crippen LogP contribution in [0, 0.1) is 13.8 Å². The highest BCUT2D eigenvalue weighted by Gasteiger charge is 2.16. The fourth-order valence-electron chi connectivity index (χ4n) is 3.67. The summed E-state index contributed by atoms with van der Waals surface area (Å²) in [4.78, 5) is 30.4. The van der Waals surface area contributed by atoms with E-state index in [0.29, 0.717) is 29.9 Å². The number of rotatable bonds is 7. The molecule has 0 aliphatic carbocycles. The Labute approximate surface area is 202 Å². The molecule has 0 unspecified atom stereocenters. The van der Waals surface area contributed by atoms with E-state index in [0.717, 1.165) is 27.9 Å². The minimum Gasteiger partial charge on any atom is -0.465 e. The number of anilines is 2.